The maximum absolute atomic E-state index is 7.66. The zero-order valence-electron chi connectivity index (χ0n) is 16.3. The highest BCUT2D eigenvalue weighted by Crippen LogP contribution is 2.36. The molecule has 1 unspecified atom stereocenters. The van der Waals surface area contributed by atoms with E-state index in [0.717, 1.165) is 36.0 Å². The van der Waals surface area contributed by atoms with E-state index in [9.17, 15) is 0 Å². The quantitative estimate of drug-likeness (QED) is 0.429. The molecule has 25 heavy (non-hydrogen) atoms. The molecule has 1 aromatic carbocycles. The number of methoxy groups -OCH3 is 1. The van der Waals surface area contributed by atoms with E-state index in [1.165, 1.54) is 6.21 Å². The highest BCUT2D eigenvalue weighted by Gasteiger charge is 2.51. The summed E-state index contributed by atoms with van der Waals surface area (Å²) in [7, 11) is 1.29. The second-order valence-electron chi connectivity index (χ2n) is 7.59. The number of hydrogen-bond donors (Lipinski definition) is 2. The zero-order valence-corrected chi connectivity index (χ0v) is 16.3. The predicted octanol–water partition coefficient (Wildman–Crippen LogP) is 3.56. The summed E-state index contributed by atoms with van der Waals surface area (Å²) >= 11 is 0. The molecule has 0 saturated carbocycles. The van der Waals surface area contributed by atoms with Crippen LogP contribution in [-0.2, 0) is 14.0 Å². The Morgan fingerprint density at radius 2 is 1.88 bits per heavy atom. The van der Waals surface area contributed by atoms with E-state index in [4.69, 9.17) is 19.5 Å². The predicted molar refractivity (Wildman–Crippen MR) is 104 cm³/mol. The number of benzene rings is 1. The normalized spacial score (nSPS) is 19.7. The van der Waals surface area contributed by atoms with Gasteiger partial charge in [0.25, 0.3) is 0 Å². The second kappa shape index (κ2) is 7.89. The largest absolute Gasteiger partial charge is 0.494 e. The van der Waals surface area contributed by atoms with Crippen molar-refractivity contribution in [3.8, 4) is 0 Å². The topological polar surface area (TPSA) is 63.6 Å². The lowest BCUT2D eigenvalue weighted by atomic mass is 9.78. The van der Waals surface area contributed by atoms with Gasteiger partial charge in [0.1, 0.15) is 6.23 Å². The molecule has 1 heterocycles. The molecule has 0 amide bonds. The van der Waals surface area contributed by atoms with E-state index in [0.29, 0.717) is 0 Å². The van der Waals surface area contributed by atoms with Crippen LogP contribution >= 0.6 is 0 Å². The van der Waals surface area contributed by atoms with Crippen molar-refractivity contribution in [2.75, 3.05) is 12.4 Å². The van der Waals surface area contributed by atoms with Crippen LogP contribution in [0.4, 0.5) is 5.69 Å². The highest BCUT2D eigenvalue weighted by molar-refractivity contribution is 6.62. The molecule has 1 aliphatic heterocycles. The third-order valence-corrected chi connectivity index (χ3v) is 5.18. The Balaban J connectivity index is 2.24. The number of ether oxygens (including phenoxy) is 1. The van der Waals surface area contributed by atoms with Crippen molar-refractivity contribution in [3.63, 3.8) is 0 Å². The van der Waals surface area contributed by atoms with Gasteiger partial charge in [-0.1, -0.05) is 25.5 Å². The van der Waals surface area contributed by atoms with Crippen LogP contribution < -0.4 is 10.8 Å². The molecule has 6 heteroatoms. The molecule has 0 spiro atoms. The lowest BCUT2D eigenvalue weighted by Gasteiger charge is -2.32. The smallest absolute Gasteiger partial charge is 0.399 e. The molecular weight excluding hydrogens is 315 g/mol. The van der Waals surface area contributed by atoms with Crippen molar-refractivity contribution in [2.45, 2.75) is 71.3 Å². The molecule has 1 fully saturated rings. The Morgan fingerprint density at radius 1 is 1.24 bits per heavy atom. The average molecular weight is 346 g/mol. The summed E-state index contributed by atoms with van der Waals surface area (Å²) in [6.07, 6.45) is 4.40. The van der Waals surface area contributed by atoms with Crippen LogP contribution in [0, 0.1) is 5.41 Å². The summed E-state index contributed by atoms with van der Waals surface area (Å²) in [6.45, 7) is 10.3. The van der Waals surface area contributed by atoms with Crippen molar-refractivity contribution < 1.29 is 14.0 Å². The third-order valence-electron chi connectivity index (χ3n) is 5.18. The molecule has 2 N–H and O–H groups in total. The van der Waals surface area contributed by atoms with E-state index in [2.05, 4.69) is 12.2 Å². The van der Waals surface area contributed by atoms with E-state index in [1.807, 2.05) is 45.9 Å². The maximum atomic E-state index is 7.66. The van der Waals surface area contributed by atoms with Crippen molar-refractivity contribution in [1.29, 1.82) is 5.41 Å². The summed E-state index contributed by atoms with van der Waals surface area (Å²) in [5.74, 6) is 0. The van der Waals surface area contributed by atoms with Crippen molar-refractivity contribution in [1.82, 2.24) is 0 Å². The van der Waals surface area contributed by atoms with E-state index < -0.39 is 7.12 Å². The SMILES string of the molecule is CCCCC(Nc1cc(B2OC(C)(C)C(C)(C)O2)ccc1C=N)OC. The lowest BCUT2D eigenvalue weighted by Crippen LogP contribution is -2.41. The molecule has 0 radical (unpaired) electrons. The van der Waals surface area contributed by atoms with Crippen molar-refractivity contribution >= 4 is 24.5 Å². The van der Waals surface area contributed by atoms with Gasteiger partial charge in [-0.2, -0.15) is 0 Å². The van der Waals surface area contributed by atoms with Crippen molar-refractivity contribution in [3.05, 3.63) is 23.8 Å². The molecule has 0 aromatic heterocycles. The molecule has 138 valence electrons. The molecule has 5 nitrogen and oxygen atoms in total. The van der Waals surface area contributed by atoms with Crippen LogP contribution in [0.15, 0.2) is 18.2 Å². The van der Waals surface area contributed by atoms with Crippen LogP contribution in [0.1, 0.15) is 59.4 Å². The second-order valence-corrected chi connectivity index (χ2v) is 7.59. The zero-order chi connectivity index (χ0) is 18.7. The molecule has 1 aromatic rings. The fourth-order valence-corrected chi connectivity index (χ4v) is 2.76. The molecule has 1 atom stereocenters. The first-order valence-electron chi connectivity index (χ1n) is 9.03. The van der Waals surface area contributed by atoms with Crippen LogP contribution in [0.5, 0.6) is 0 Å². The minimum atomic E-state index is -0.415. The number of rotatable bonds is 8. The number of nitrogens with one attached hydrogen (secondary N) is 2. The van der Waals surface area contributed by atoms with Gasteiger partial charge in [0.05, 0.1) is 11.2 Å². The summed E-state index contributed by atoms with van der Waals surface area (Å²) in [5.41, 5.74) is 1.88. The average Bonchev–Trinajstić information content (AvgIpc) is 2.79. The minimum Gasteiger partial charge on any atom is -0.399 e. The molecular formula is C19H31BN2O3. The van der Waals surface area contributed by atoms with Gasteiger partial charge in [0.15, 0.2) is 0 Å². The molecule has 0 bridgehead atoms. The Bertz CT molecular complexity index is 588. The van der Waals surface area contributed by atoms with Crippen LogP contribution in [0.2, 0.25) is 0 Å². The number of anilines is 1. The Kier molecular flexibility index (Phi) is 6.30. The Morgan fingerprint density at radius 3 is 2.40 bits per heavy atom. The van der Waals surface area contributed by atoms with E-state index in [-0.39, 0.29) is 17.4 Å². The van der Waals surface area contributed by atoms with E-state index in [1.54, 1.807) is 7.11 Å². The van der Waals surface area contributed by atoms with Gasteiger partial charge >= 0.3 is 7.12 Å². The van der Waals surface area contributed by atoms with Gasteiger partial charge in [-0.25, -0.2) is 0 Å². The highest BCUT2D eigenvalue weighted by atomic mass is 16.7. The Hall–Kier alpha value is -1.37. The summed E-state index contributed by atoms with van der Waals surface area (Å²) < 4.78 is 17.8. The van der Waals surface area contributed by atoms with Gasteiger partial charge in [-0.15, -0.1) is 0 Å². The molecule has 2 rings (SSSR count). The van der Waals surface area contributed by atoms with Crippen molar-refractivity contribution in [2.24, 2.45) is 0 Å². The summed E-state index contributed by atoms with van der Waals surface area (Å²) in [6, 6.07) is 5.88. The molecule has 0 aliphatic carbocycles. The summed E-state index contributed by atoms with van der Waals surface area (Å²) in [4.78, 5) is 0. The van der Waals surface area contributed by atoms with Gasteiger partial charge in [-0.3, -0.25) is 0 Å². The van der Waals surface area contributed by atoms with Crippen LogP contribution in [0.25, 0.3) is 0 Å². The monoisotopic (exact) mass is 346 g/mol. The van der Waals surface area contributed by atoms with Gasteiger partial charge in [-0.05, 0) is 52.1 Å². The minimum absolute atomic E-state index is 0.0767. The molecule has 1 aliphatic rings. The maximum Gasteiger partial charge on any atom is 0.494 e. The first-order valence-corrected chi connectivity index (χ1v) is 9.03. The summed E-state index contributed by atoms with van der Waals surface area (Å²) in [5, 5.41) is 11.1. The standard InChI is InChI=1S/C19H31BN2O3/c1-7-8-9-17(23-6)22-16-12-15(11-10-14(16)13-21)20-24-18(2,3)19(4,5)25-20/h10-13,17,21-22H,7-9H2,1-6H3. The number of unbranched alkanes of at least 4 members (excludes halogenated alkanes) is 1. The van der Waals surface area contributed by atoms with Crippen LogP contribution in [0.3, 0.4) is 0 Å². The van der Waals surface area contributed by atoms with Gasteiger partial charge in [0.2, 0.25) is 0 Å². The van der Waals surface area contributed by atoms with Gasteiger partial charge in [0, 0.05) is 24.6 Å². The Labute approximate surface area is 152 Å². The van der Waals surface area contributed by atoms with E-state index >= 15 is 0 Å². The molecule has 1 saturated heterocycles. The first kappa shape index (κ1) is 20.0. The fraction of sp³-hybridized carbons (Fsp3) is 0.632. The van der Waals surface area contributed by atoms with Crippen LogP contribution in [-0.4, -0.2) is 37.9 Å². The van der Waals surface area contributed by atoms with Gasteiger partial charge < -0.3 is 24.8 Å². The number of hydrogen-bond acceptors (Lipinski definition) is 5. The fourth-order valence-electron chi connectivity index (χ4n) is 2.76. The third kappa shape index (κ3) is 4.43. The first-order chi connectivity index (χ1) is 11.7. The lowest BCUT2D eigenvalue weighted by molar-refractivity contribution is 0.00578.